The Hall–Kier alpha value is 0. The van der Waals surface area contributed by atoms with Crippen molar-refractivity contribution in [1.29, 1.82) is 0 Å². The Morgan fingerprint density at radius 2 is 1.85 bits per heavy atom. The summed E-state index contributed by atoms with van der Waals surface area (Å²) >= 11 is 0. The first kappa shape index (κ1) is 9.55. The van der Waals surface area contributed by atoms with Gasteiger partial charge in [0.1, 0.15) is 0 Å². The molecule has 0 aromatic carbocycles. The molecule has 2 aliphatic rings. The van der Waals surface area contributed by atoms with Crippen LogP contribution in [0.3, 0.4) is 0 Å². The molecule has 3 unspecified atom stereocenters. The standard InChI is InChI=1S/C13H24/c1-10-5-4-6-11-9-13(2,3)8-7-12(10)11/h10-12H,4-9H2,1-3H3. The predicted octanol–water partition coefficient (Wildman–Crippen LogP) is 4.25. The van der Waals surface area contributed by atoms with Gasteiger partial charge < -0.3 is 0 Å². The van der Waals surface area contributed by atoms with E-state index in [0.717, 1.165) is 17.8 Å². The normalized spacial score (nSPS) is 44.1. The average Bonchev–Trinajstić information content (AvgIpc) is 2.02. The lowest BCUT2D eigenvalue weighted by molar-refractivity contribution is 0.0487. The van der Waals surface area contributed by atoms with Crippen molar-refractivity contribution in [1.82, 2.24) is 0 Å². The van der Waals surface area contributed by atoms with Crippen molar-refractivity contribution in [2.24, 2.45) is 23.2 Å². The third kappa shape index (κ3) is 1.92. The molecule has 0 saturated heterocycles. The summed E-state index contributed by atoms with van der Waals surface area (Å²) in [6.45, 7) is 7.40. The molecule has 0 heteroatoms. The van der Waals surface area contributed by atoms with Gasteiger partial charge >= 0.3 is 0 Å². The molecule has 3 atom stereocenters. The van der Waals surface area contributed by atoms with Crippen LogP contribution in [0.25, 0.3) is 0 Å². The molecule has 13 heavy (non-hydrogen) atoms. The molecule has 0 spiro atoms. The molecule has 0 aliphatic heterocycles. The van der Waals surface area contributed by atoms with Crippen LogP contribution in [0.4, 0.5) is 0 Å². The van der Waals surface area contributed by atoms with Crippen molar-refractivity contribution < 1.29 is 0 Å². The highest BCUT2D eigenvalue weighted by Crippen LogP contribution is 2.49. The Kier molecular flexibility index (Phi) is 2.42. The van der Waals surface area contributed by atoms with E-state index >= 15 is 0 Å². The molecule has 0 aromatic rings. The summed E-state index contributed by atoms with van der Waals surface area (Å²) in [7, 11) is 0. The molecule has 0 heterocycles. The van der Waals surface area contributed by atoms with Crippen LogP contribution in [0.15, 0.2) is 0 Å². The molecular weight excluding hydrogens is 156 g/mol. The maximum Gasteiger partial charge on any atom is -0.0351 e. The monoisotopic (exact) mass is 180 g/mol. The fourth-order valence-electron chi connectivity index (χ4n) is 3.74. The zero-order valence-electron chi connectivity index (χ0n) is 9.47. The molecular formula is C13H24. The minimum atomic E-state index is 0.651. The van der Waals surface area contributed by atoms with Gasteiger partial charge in [0.05, 0.1) is 0 Å². The van der Waals surface area contributed by atoms with E-state index in [0.29, 0.717) is 5.41 Å². The topological polar surface area (TPSA) is 0 Å². The van der Waals surface area contributed by atoms with Gasteiger partial charge in [-0.3, -0.25) is 0 Å². The van der Waals surface area contributed by atoms with Crippen LogP contribution in [0.5, 0.6) is 0 Å². The molecule has 2 rings (SSSR count). The van der Waals surface area contributed by atoms with Gasteiger partial charge in [-0.2, -0.15) is 0 Å². The van der Waals surface area contributed by atoms with E-state index in [-0.39, 0.29) is 0 Å². The minimum Gasteiger partial charge on any atom is -0.0622 e. The highest BCUT2D eigenvalue weighted by atomic mass is 14.4. The lowest BCUT2D eigenvalue weighted by atomic mass is 9.60. The second-order valence-corrected chi connectivity index (χ2v) is 6.24. The largest absolute Gasteiger partial charge is 0.0622 e. The maximum absolute atomic E-state index is 2.48. The van der Waals surface area contributed by atoms with Gasteiger partial charge in [-0.05, 0) is 42.4 Å². The third-order valence-electron chi connectivity index (χ3n) is 4.54. The van der Waals surface area contributed by atoms with E-state index in [1.165, 1.54) is 38.5 Å². The van der Waals surface area contributed by atoms with Crippen LogP contribution in [0, 0.1) is 23.2 Å². The molecule has 0 radical (unpaired) electrons. The van der Waals surface area contributed by atoms with Crippen LogP contribution in [0.2, 0.25) is 0 Å². The van der Waals surface area contributed by atoms with Crippen molar-refractivity contribution >= 4 is 0 Å². The lowest BCUT2D eigenvalue weighted by Crippen LogP contribution is -2.35. The smallest absolute Gasteiger partial charge is 0.0351 e. The van der Waals surface area contributed by atoms with Crippen molar-refractivity contribution in [3.05, 3.63) is 0 Å². The minimum absolute atomic E-state index is 0.651. The van der Waals surface area contributed by atoms with E-state index < -0.39 is 0 Å². The molecule has 0 nitrogen and oxygen atoms in total. The number of hydrogen-bond donors (Lipinski definition) is 0. The molecule has 76 valence electrons. The van der Waals surface area contributed by atoms with Crippen LogP contribution < -0.4 is 0 Å². The van der Waals surface area contributed by atoms with E-state index in [4.69, 9.17) is 0 Å². The Morgan fingerprint density at radius 3 is 2.62 bits per heavy atom. The van der Waals surface area contributed by atoms with Crippen LogP contribution in [-0.4, -0.2) is 0 Å². The second kappa shape index (κ2) is 3.29. The van der Waals surface area contributed by atoms with Crippen LogP contribution in [0.1, 0.15) is 59.3 Å². The summed E-state index contributed by atoms with van der Waals surface area (Å²) in [6, 6.07) is 0. The first-order valence-corrected chi connectivity index (χ1v) is 6.08. The fourth-order valence-corrected chi connectivity index (χ4v) is 3.74. The molecule has 2 saturated carbocycles. The van der Waals surface area contributed by atoms with Crippen LogP contribution in [-0.2, 0) is 0 Å². The molecule has 2 aliphatic carbocycles. The van der Waals surface area contributed by atoms with E-state index in [1.54, 1.807) is 0 Å². The Balaban J connectivity index is 2.04. The summed E-state index contributed by atoms with van der Waals surface area (Å²) in [4.78, 5) is 0. The van der Waals surface area contributed by atoms with Crippen molar-refractivity contribution in [3.8, 4) is 0 Å². The number of hydrogen-bond acceptors (Lipinski definition) is 0. The van der Waals surface area contributed by atoms with E-state index in [1.807, 2.05) is 0 Å². The van der Waals surface area contributed by atoms with Crippen molar-refractivity contribution in [2.45, 2.75) is 59.3 Å². The predicted molar refractivity (Wildman–Crippen MR) is 57.6 cm³/mol. The molecule has 0 N–H and O–H groups in total. The summed E-state index contributed by atoms with van der Waals surface area (Å²) in [6.07, 6.45) is 9.01. The Labute approximate surface area is 83.1 Å². The van der Waals surface area contributed by atoms with Gasteiger partial charge in [0.15, 0.2) is 0 Å². The zero-order chi connectivity index (χ0) is 9.47. The van der Waals surface area contributed by atoms with Gasteiger partial charge in [0, 0.05) is 0 Å². The summed E-state index contributed by atoms with van der Waals surface area (Å²) < 4.78 is 0. The maximum atomic E-state index is 2.48. The first-order chi connectivity index (χ1) is 6.08. The summed E-state index contributed by atoms with van der Waals surface area (Å²) in [5, 5.41) is 0. The highest BCUT2D eigenvalue weighted by molar-refractivity contribution is 4.89. The second-order valence-electron chi connectivity index (χ2n) is 6.24. The van der Waals surface area contributed by atoms with Crippen LogP contribution >= 0.6 is 0 Å². The third-order valence-corrected chi connectivity index (χ3v) is 4.54. The van der Waals surface area contributed by atoms with Gasteiger partial charge in [0.25, 0.3) is 0 Å². The molecule has 0 aromatic heterocycles. The first-order valence-electron chi connectivity index (χ1n) is 6.08. The fraction of sp³-hybridized carbons (Fsp3) is 1.00. The highest BCUT2D eigenvalue weighted by Gasteiger charge is 2.38. The van der Waals surface area contributed by atoms with Gasteiger partial charge in [-0.15, -0.1) is 0 Å². The van der Waals surface area contributed by atoms with Gasteiger partial charge in [-0.25, -0.2) is 0 Å². The van der Waals surface area contributed by atoms with Gasteiger partial charge in [0.2, 0.25) is 0 Å². The Morgan fingerprint density at radius 1 is 1.08 bits per heavy atom. The number of rotatable bonds is 0. The van der Waals surface area contributed by atoms with Crippen molar-refractivity contribution in [2.75, 3.05) is 0 Å². The van der Waals surface area contributed by atoms with E-state index in [2.05, 4.69) is 20.8 Å². The molecule has 0 bridgehead atoms. The zero-order valence-corrected chi connectivity index (χ0v) is 9.47. The summed E-state index contributed by atoms with van der Waals surface area (Å²) in [5.74, 6) is 3.18. The van der Waals surface area contributed by atoms with Gasteiger partial charge in [-0.1, -0.05) is 40.0 Å². The molecule has 2 fully saturated rings. The lowest BCUT2D eigenvalue weighted by Gasteiger charge is -2.46. The molecule has 0 amide bonds. The van der Waals surface area contributed by atoms with Crippen molar-refractivity contribution in [3.63, 3.8) is 0 Å². The number of fused-ring (bicyclic) bond motifs is 1. The quantitative estimate of drug-likeness (QED) is 0.523. The SMILES string of the molecule is CC1CCCC2CC(C)(C)CCC12. The van der Waals surface area contributed by atoms with E-state index in [9.17, 15) is 0 Å². The average molecular weight is 180 g/mol. The Bertz CT molecular complexity index is 180. The summed E-state index contributed by atoms with van der Waals surface area (Å²) in [5.41, 5.74) is 0.651.